The van der Waals surface area contributed by atoms with Crippen molar-refractivity contribution in [1.29, 1.82) is 0 Å². The molecule has 1 aromatic heterocycles. The zero-order valence-electron chi connectivity index (χ0n) is 19.5. The zero-order valence-corrected chi connectivity index (χ0v) is 21.1. The number of aromatic nitrogens is 1. The van der Waals surface area contributed by atoms with Gasteiger partial charge < -0.3 is 10.1 Å². The van der Waals surface area contributed by atoms with Crippen LogP contribution in [-0.4, -0.2) is 33.8 Å². The maximum absolute atomic E-state index is 14.6. The Hall–Kier alpha value is -3.84. The number of hydrogen-bond donors (Lipinski definition) is 2. The Morgan fingerprint density at radius 1 is 0.946 bits per heavy atom. The molecule has 0 spiro atoms. The number of carbonyl (C=O) groups excluding carboxylic acids is 1. The van der Waals surface area contributed by atoms with Gasteiger partial charge >= 0.3 is 5.97 Å². The molecular formula is C25H22FN3O6S2. The molecule has 0 bridgehead atoms. The van der Waals surface area contributed by atoms with Crippen molar-refractivity contribution in [3.8, 4) is 17.0 Å². The standard InChI is InChI=1S/C25H22FN3O6S2/c1-28-15-17-13-24(22-7-2-3-8-23(22)26)29(16-17)37(33,34)21-6-4-5-19(14-21)35-25(30)18-9-11-20(12-10-18)36(27,31)32/h2-14,16,28H,15H2,1H3,(H2,27,31,32). The third-order valence-corrected chi connectivity index (χ3v) is 7.96. The fourth-order valence-corrected chi connectivity index (χ4v) is 5.56. The number of rotatable bonds is 8. The molecule has 1 heterocycles. The summed E-state index contributed by atoms with van der Waals surface area (Å²) in [5.74, 6) is -1.47. The summed E-state index contributed by atoms with van der Waals surface area (Å²) in [6.45, 7) is 0.353. The second-order valence-electron chi connectivity index (χ2n) is 7.98. The number of nitrogens with zero attached hydrogens (tertiary/aromatic N) is 1. The van der Waals surface area contributed by atoms with Crippen molar-refractivity contribution in [2.75, 3.05) is 7.05 Å². The van der Waals surface area contributed by atoms with E-state index in [4.69, 9.17) is 9.88 Å². The Bertz CT molecular complexity index is 1680. The van der Waals surface area contributed by atoms with Crippen LogP contribution < -0.4 is 15.2 Å². The zero-order chi connectivity index (χ0) is 26.8. The number of hydrogen-bond acceptors (Lipinski definition) is 7. The van der Waals surface area contributed by atoms with Crippen LogP contribution in [0.1, 0.15) is 15.9 Å². The quantitative estimate of drug-likeness (QED) is 0.257. The number of ether oxygens (including phenoxy) is 1. The molecule has 12 heteroatoms. The van der Waals surface area contributed by atoms with Gasteiger partial charge in [0.05, 0.1) is 21.0 Å². The predicted molar refractivity (Wildman–Crippen MR) is 134 cm³/mol. The monoisotopic (exact) mass is 543 g/mol. The average molecular weight is 544 g/mol. The van der Waals surface area contributed by atoms with Crippen LogP contribution in [0.25, 0.3) is 11.3 Å². The largest absolute Gasteiger partial charge is 0.423 e. The fraction of sp³-hybridized carbons (Fsp3) is 0.0800. The van der Waals surface area contributed by atoms with Gasteiger partial charge in [-0.25, -0.2) is 35.1 Å². The molecule has 4 rings (SSSR count). The second kappa shape index (κ2) is 10.3. The number of sulfonamides is 1. The molecule has 0 radical (unpaired) electrons. The molecule has 3 aromatic carbocycles. The van der Waals surface area contributed by atoms with Crippen molar-refractivity contribution in [1.82, 2.24) is 9.29 Å². The lowest BCUT2D eigenvalue weighted by Crippen LogP contribution is -2.15. The van der Waals surface area contributed by atoms with E-state index in [0.717, 1.165) is 16.1 Å². The van der Waals surface area contributed by atoms with Gasteiger partial charge in [0.2, 0.25) is 10.0 Å². The van der Waals surface area contributed by atoms with Crippen molar-refractivity contribution in [3.63, 3.8) is 0 Å². The molecule has 0 aliphatic rings. The van der Waals surface area contributed by atoms with Gasteiger partial charge in [-0.2, -0.15) is 0 Å². The minimum absolute atomic E-state index is 0.0321. The van der Waals surface area contributed by atoms with Crippen LogP contribution in [0, 0.1) is 5.82 Å². The van der Waals surface area contributed by atoms with Gasteiger partial charge in [0, 0.05) is 24.4 Å². The maximum Gasteiger partial charge on any atom is 0.343 e. The van der Waals surface area contributed by atoms with Crippen LogP contribution in [0.5, 0.6) is 5.75 Å². The molecule has 0 atom stereocenters. The minimum Gasteiger partial charge on any atom is -0.423 e. The van der Waals surface area contributed by atoms with E-state index < -0.39 is 31.8 Å². The molecule has 3 N–H and O–H groups in total. The summed E-state index contributed by atoms with van der Waals surface area (Å²) >= 11 is 0. The molecule has 0 fully saturated rings. The summed E-state index contributed by atoms with van der Waals surface area (Å²) in [4.78, 5) is 12.2. The van der Waals surface area contributed by atoms with Gasteiger partial charge in [-0.1, -0.05) is 18.2 Å². The van der Waals surface area contributed by atoms with Crippen LogP contribution in [0.2, 0.25) is 0 Å². The van der Waals surface area contributed by atoms with Gasteiger partial charge in [0.15, 0.2) is 0 Å². The number of benzene rings is 3. The fourth-order valence-electron chi connectivity index (χ4n) is 3.62. The molecule has 0 unspecified atom stereocenters. The molecule has 37 heavy (non-hydrogen) atoms. The summed E-state index contributed by atoms with van der Waals surface area (Å²) in [5, 5.41) is 8.00. The van der Waals surface area contributed by atoms with E-state index in [2.05, 4.69) is 5.32 Å². The molecule has 192 valence electrons. The summed E-state index contributed by atoms with van der Waals surface area (Å²) in [7, 11) is -6.45. The number of halogens is 1. The van der Waals surface area contributed by atoms with Crippen molar-refractivity contribution >= 4 is 26.0 Å². The number of nitrogens with one attached hydrogen (secondary N) is 1. The second-order valence-corrected chi connectivity index (χ2v) is 11.4. The predicted octanol–water partition coefficient (Wildman–Crippen LogP) is 3.12. The molecule has 0 aliphatic heterocycles. The van der Waals surface area contributed by atoms with Gasteiger partial charge in [-0.05, 0) is 67.2 Å². The lowest BCUT2D eigenvalue weighted by atomic mass is 10.1. The molecule has 9 nitrogen and oxygen atoms in total. The van der Waals surface area contributed by atoms with Crippen LogP contribution in [0.15, 0.2) is 94.9 Å². The first-order valence-corrected chi connectivity index (χ1v) is 13.8. The summed E-state index contributed by atoms with van der Waals surface area (Å²) in [6, 6.07) is 17.5. The molecule has 0 saturated heterocycles. The van der Waals surface area contributed by atoms with Crippen LogP contribution in [-0.2, 0) is 26.6 Å². The number of nitrogens with two attached hydrogens (primary N) is 1. The van der Waals surface area contributed by atoms with E-state index in [1.54, 1.807) is 19.2 Å². The highest BCUT2D eigenvalue weighted by atomic mass is 32.2. The SMILES string of the molecule is CNCc1cc(-c2ccccc2F)n(S(=O)(=O)c2cccc(OC(=O)c3ccc(S(N)(=O)=O)cc3)c2)c1. The van der Waals surface area contributed by atoms with Crippen LogP contribution >= 0.6 is 0 Å². The van der Waals surface area contributed by atoms with E-state index in [0.29, 0.717) is 12.1 Å². The molecule has 0 saturated carbocycles. The summed E-state index contributed by atoms with van der Waals surface area (Å²) in [6.07, 6.45) is 1.40. The van der Waals surface area contributed by atoms with Crippen LogP contribution in [0.3, 0.4) is 0 Å². The Kier molecular flexibility index (Phi) is 7.28. The third kappa shape index (κ3) is 5.62. The van der Waals surface area contributed by atoms with E-state index in [1.807, 2.05) is 0 Å². The maximum atomic E-state index is 14.6. The van der Waals surface area contributed by atoms with Crippen molar-refractivity contribution in [3.05, 3.63) is 102 Å². The third-order valence-electron chi connectivity index (χ3n) is 5.36. The smallest absolute Gasteiger partial charge is 0.343 e. The van der Waals surface area contributed by atoms with Crippen molar-refractivity contribution < 1.29 is 30.8 Å². The van der Waals surface area contributed by atoms with E-state index >= 15 is 0 Å². The first-order chi connectivity index (χ1) is 17.5. The van der Waals surface area contributed by atoms with Crippen molar-refractivity contribution in [2.45, 2.75) is 16.3 Å². The van der Waals surface area contributed by atoms with E-state index in [1.165, 1.54) is 60.8 Å². The molecule has 0 amide bonds. The minimum atomic E-state index is -4.23. The van der Waals surface area contributed by atoms with Gasteiger partial charge in [0.1, 0.15) is 11.6 Å². The molecular weight excluding hydrogens is 521 g/mol. The highest BCUT2D eigenvalue weighted by Gasteiger charge is 2.24. The Balaban J connectivity index is 1.68. The summed E-state index contributed by atoms with van der Waals surface area (Å²) < 4.78 is 70.9. The molecule has 0 aliphatic carbocycles. The number of primary sulfonamides is 1. The van der Waals surface area contributed by atoms with Crippen LogP contribution in [0.4, 0.5) is 4.39 Å². The Morgan fingerprint density at radius 3 is 2.30 bits per heavy atom. The highest BCUT2D eigenvalue weighted by Crippen LogP contribution is 2.30. The average Bonchev–Trinajstić information content (AvgIpc) is 3.29. The van der Waals surface area contributed by atoms with Gasteiger partial charge in [-0.3, -0.25) is 0 Å². The topological polar surface area (TPSA) is 138 Å². The van der Waals surface area contributed by atoms with E-state index in [9.17, 15) is 26.0 Å². The molecule has 4 aromatic rings. The first kappa shape index (κ1) is 26.2. The summed E-state index contributed by atoms with van der Waals surface area (Å²) in [5.41, 5.74) is 0.902. The lowest BCUT2D eigenvalue weighted by Gasteiger charge is -2.12. The lowest BCUT2D eigenvalue weighted by molar-refractivity contribution is 0.0734. The van der Waals surface area contributed by atoms with E-state index in [-0.39, 0.29) is 32.4 Å². The normalized spacial score (nSPS) is 11.9. The highest BCUT2D eigenvalue weighted by molar-refractivity contribution is 7.90. The Labute approximate surface area is 213 Å². The van der Waals surface area contributed by atoms with Crippen molar-refractivity contribution in [2.24, 2.45) is 5.14 Å². The number of carbonyl (C=O) groups is 1. The van der Waals surface area contributed by atoms with Gasteiger partial charge in [0.25, 0.3) is 10.0 Å². The van der Waals surface area contributed by atoms with Gasteiger partial charge in [-0.15, -0.1) is 0 Å². The first-order valence-electron chi connectivity index (χ1n) is 10.8. The number of esters is 1. The Morgan fingerprint density at radius 2 is 1.65 bits per heavy atom.